The Balaban J connectivity index is 1.87. The average molecular weight is 434 g/mol. The Morgan fingerprint density at radius 3 is 2.74 bits per heavy atom. The van der Waals surface area contributed by atoms with Crippen LogP contribution in [0, 0.1) is 17.0 Å². The minimum absolute atomic E-state index is 0.179. The molecule has 0 aliphatic carbocycles. The normalized spacial score (nSPS) is 13.0. The van der Waals surface area contributed by atoms with Gasteiger partial charge in [0.15, 0.2) is 6.61 Å². The van der Waals surface area contributed by atoms with Crippen molar-refractivity contribution in [3.8, 4) is 5.75 Å². The number of carbonyl (C=O) groups excluding carboxylic acids is 2. The summed E-state index contributed by atoms with van der Waals surface area (Å²) in [5.41, 5.74) is 1.69. The minimum Gasteiger partial charge on any atom is -0.482 e. The first-order valence-electron chi connectivity index (χ1n) is 8.02. The molecular weight excluding hydrogens is 418 g/mol. The van der Waals surface area contributed by atoms with Crippen molar-refractivity contribution in [1.29, 1.82) is 0 Å². The van der Waals surface area contributed by atoms with Gasteiger partial charge in [-0.15, -0.1) is 0 Å². The Hall–Kier alpha value is -2.94. The van der Waals surface area contributed by atoms with Crippen LogP contribution in [-0.2, 0) is 9.59 Å². The van der Waals surface area contributed by atoms with E-state index in [9.17, 15) is 19.7 Å². The smallest absolute Gasteiger partial charge is 0.271 e. The van der Waals surface area contributed by atoms with Crippen molar-refractivity contribution in [2.24, 2.45) is 0 Å². The number of likely N-dealkylation sites (N-methyl/N-ethyl adjacent to an activating group) is 1. The monoisotopic (exact) mass is 433 g/mol. The highest BCUT2D eigenvalue weighted by molar-refractivity contribution is 9.10. The van der Waals surface area contributed by atoms with Gasteiger partial charge in [0, 0.05) is 29.3 Å². The molecule has 3 rings (SSSR count). The minimum atomic E-state index is -0.559. The zero-order valence-corrected chi connectivity index (χ0v) is 16.2. The molecule has 9 heteroatoms. The highest BCUT2D eigenvalue weighted by atomic mass is 79.9. The number of halogens is 1. The molecule has 1 aliphatic rings. The molecule has 1 heterocycles. The first-order valence-corrected chi connectivity index (χ1v) is 8.81. The van der Waals surface area contributed by atoms with Crippen molar-refractivity contribution in [3.05, 3.63) is 56.5 Å². The van der Waals surface area contributed by atoms with Gasteiger partial charge in [-0.05, 0) is 36.8 Å². The highest BCUT2D eigenvalue weighted by Crippen LogP contribution is 2.35. The van der Waals surface area contributed by atoms with Gasteiger partial charge in [0.05, 0.1) is 10.6 Å². The summed E-state index contributed by atoms with van der Waals surface area (Å²) in [5.74, 6) is -0.434. The fraction of sp³-hybridized carbons (Fsp3) is 0.222. The molecular formula is C18H16BrN3O5. The number of rotatable bonds is 4. The van der Waals surface area contributed by atoms with E-state index in [1.165, 1.54) is 28.0 Å². The maximum absolute atomic E-state index is 12.7. The third-order valence-electron chi connectivity index (χ3n) is 4.29. The van der Waals surface area contributed by atoms with E-state index in [0.29, 0.717) is 11.4 Å². The van der Waals surface area contributed by atoms with Crippen LogP contribution in [0.5, 0.6) is 5.75 Å². The topological polar surface area (TPSA) is 93.0 Å². The predicted molar refractivity (Wildman–Crippen MR) is 103 cm³/mol. The summed E-state index contributed by atoms with van der Waals surface area (Å²) in [6.45, 7) is 1.44. The zero-order chi connectivity index (χ0) is 19.7. The number of fused-ring (bicyclic) bond motifs is 1. The molecule has 0 N–H and O–H groups in total. The molecule has 140 valence electrons. The number of non-ortho nitro benzene ring substituents is 1. The van der Waals surface area contributed by atoms with E-state index in [0.717, 1.165) is 10.0 Å². The van der Waals surface area contributed by atoms with Crippen LogP contribution < -0.4 is 14.5 Å². The second kappa shape index (κ2) is 7.36. The van der Waals surface area contributed by atoms with E-state index < -0.39 is 10.8 Å². The number of benzene rings is 2. The van der Waals surface area contributed by atoms with Crippen molar-refractivity contribution in [2.45, 2.75) is 6.92 Å². The summed E-state index contributed by atoms with van der Waals surface area (Å²) in [6, 6.07) is 9.44. The number of nitrogens with zero attached hydrogens (tertiary/aromatic N) is 3. The Morgan fingerprint density at radius 1 is 1.33 bits per heavy atom. The average Bonchev–Trinajstić information content (AvgIpc) is 2.65. The lowest BCUT2D eigenvalue weighted by atomic mass is 10.2. The van der Waals surface area contributed by atoms with Crippen LogP contribution in [0.15, 0.2) is 40.9 Å². The van der Waals surface area contributed by atoms with Gasteiger partial charge in [-0.1, -0.05) is 15.9 Å². The SMILES string of the molecule is Cc1cc(N(C)C(=O)CN2C(=O)COc3ccc([N+](=O)[O-])cc32)ccc1Br. The Kier molecular flexibility index (Phi) is 5.13. The third-order valence-corrected chi connectivity index (χ3v) is 5.18. The molecule has 0 atom stereocenters. The number of nitro groups is 1. The molecule has 0 saturated carbocycles. The lowest BCUT2D eigenvalue weighted by Gasteiger charge is -2.30. The second-order valence-corrected chi connectivity index (χ2v) is 6.92. The third kappa shape index (κ3) is 3.77. The zero-order valence-electron chi connectivity index (χ0n) is 14.6. The van der Waals surface area contributed by atoms with E-state index >= 15 is 0 Å². The van der Waals surface area contributed by atoms with E-state index in [-0.39, 0.29) is 30.4 Å². The summed E-state index contributed by atoms with van der Waals surface area (Å²) >= 11 is 3.41. The molecule has 1 aliphatic heterocycles. The largest absolute Gasteiger partial charge is 0.482 e. The number of carbonyl (C=O) groups is 2. The van der Waals surface area contributed by atoms with Gasteiger partial charge in [0.25, 0.3) is 11.6 Å². The van der Waals surface area contributed by atoms with E-state index in [1.807, 2.05) is 19.1 Å². The predicted octanol–water partition coefficient (Wildman–Crippen LogP) is 3.05. The Labute approximate surface area is 163 Å². The number of hydrogen-bond acceptors (Lipinski definition) is 5. The summed E-state index contributed by atoms with van der Waals surface area (Å²) < 4.78 is 6.24. The maximum Gasteiger partial charge on any atom is 0.271 e. The Bertz CT molecular complexity index is 947. The molecule has 0 radical (unpaired) electrons. The fourth-order valence-electron chi connectivity index (χ4n) is 2.70. The number of anilines is 2. The van der Waals surface area contributed by atoms with Crippen molar-refractivity contribution >= 4 is 44.8 Å². The van der Waals surface area contributed by atoms with E-state index in [2.05, 4.69) is 15.9 Å². The van der Waals surface area contributed by atoms with Gasteiger partial charge in [-0.25, -0.2) is 0 Å². The van der Waals surface area contributed by atoms with Crippen LogP contribution in [0.1, 0.15) is 5.56 Å². The molecule has 0 unspecified atom stereocenters. The maximum atomic E-state index is 12.7. The van der Waals surface area contributed by atoms with Gasteiger partial charge in [-0.3, -0.25) is 24.6 Å². The standard InChI is InChI=1S/C18H16BrN3O5/c1-11-7-12(3-5-14(11)19)20(2)17(23)9-21-15-8-13(22(25)26)4-6-16(15)27-10-18(21)24/h3-8H,9-10H2,1-2H3. The number of ether oxygens (including phenoxy) is 1. The number of amides is 2. The van der Waals surface area contributed by atoms with Gasteiger partial charge in [0.2, 0.25) is 5.91 Å². The summed E-state index contributed by atoms with van der Waals surface area (Å²) in [5, 5.41) is 11.0. The van der Waals surface area contributed by atoms with Gasteiger partial charge < -0.3 is 9.64 Å². The van der Waals surface area contributed by atoms with E-state index in [4.69, 9.17) is 4.74 Å². The van der Waals surface area contributed by atoms with E-state index in [1.54, 1.807) is 13.1 Å². The number of aryl methyl sites for hydroxylation is 1. The molecule has 27 heavy (non-hydrogen) atoms. The van der Waals surface area contributed by atoms with Crippen molar-refractivity contribution in [2.75, 3.05) is 30.0 Å². The number of nitro benzene ring substituents is 1. The summed E-state index contributed by atoms with van der Waals surface area (Å²) in [6.07, 6.45) is 0. The van der Waals surface area contributed by atoms with Gasteiger partial charge >= 0.3 is 0 Å². The first-order chi connectivity index (χ1) is 12.8. The fourth-order valence-corrected chi connectivity index (χ4v) is 2.95. The van der Waals surface area contributed by atoms with Crippen LogP contribution in [0.4, 0.5) is 17.1 Å². The van der Waals surface area contributed by atoms with Crippen LogP contribution >= 0.6 is 15.9 Å². The molecule has 0 spiro atoms. The van der Waals surface area contributed by atoms with Crippen LogP contribution in [0.25, 0.3) is 0 Å². The molecule has 8 nitrogen and oxygen atoms in total. The van der Waals surface area contributed by atoms with Crippen LogP contribution in [0.2, 0.25) is 0 Å². The summed E-state index contributed by atoms with van der Waals surface area (Å²) in [4.78, 5) is 38.1. The molecule has 0 bridgehead atoms. The Morgan fingerprint density at radius 2 is 2.07 bits per heavy atom. The van der Waals surface area contributed by atoms with Crippen LogP contribution in [-0.4, -0.2) is 36.9 Å². The van der Waals surface area contributed by atoms with Gasteiger partial charge in [-0.2, -0.15) is 0 Å². The van der Waals surface area contributed by atoms with Crippen molar-refractivity contribution < 1.29 is 19.2 Å². The lowest BCUT2D eigenvalue weighted by Crippen LogP contribution is -2.45. The molecule has 2 aromatic rings. The molecule has 0 aromatic heterocycles. The second-order valence-electron chi connectivity index (χ2n) is 6.06. The van der Waals surface area contributed by atoms with Crippen molar-refractivity contribution in [3.63, 3.8) is 0 Å². The highest BCUT2D eigenvalue weighted by Gasteiger charge is 2.30. The molecule has 0 fully saturated rings. The lowest BCUT2D eigenvalue weighted by molar-refractivity contribution is -0.384. The summed E-state index contributed by atoms with van der Waals surface area (Å²) in [7, 11) is 1.62. The molecule has 2 amide bonds. The first kappa shape index (κ1) is 18.8. The van der Waals surface area contributed by atoms with Crippen molar-refractivity contribution in [1.82, 2.24) is 0 Å². The quantitative estimate of drug-likeness (QED) is 0.545. The number of hydrogen-bond donors (Lipinski definition) is 0. The molecule has 0 saturated heterocycles. The van der Waals surface area contributed by atoms with Gasteiger partial charge in [0.1, 0.15) is 12.3 Å². The van der Waals surface area contributed by atoms with Crippen LogP contribution in [0.3, 0.4) is 0 Å². The molecule has 2 aromatic carbocycles.